The second-order valence-electron chi connectivity index (χ2n) is 7.38. The standard InChI is InChI=1S/C26H23FN4O/c27-24-14-10-20(11-15-24)4-3-7-26(32)29-16-23-5-1-2-6-25(23)22-12-8-21(9-13-22)17-31-19-28-18-30-31/h1-6,8-15,18-19H,7,16-17H2,(H,29,32)/b4-3+. The van der Waals surface area contributed by atoms with Gasteiger partial charge in [-0.1, -0.05) is 72.8 Å². The predicted octanol–water partition coefficient (Wildman–Crippen LogP) is 4.85. The van der Waals surface area contributed by atoms with Gasteiger partial charge < -0.3 is 5.32 Å². The third kappa shape index (κ3) is 5.76. The monoisotopic (exact) mass is 426 g/mol. The molecule has 1 N–H and O–H groups in total. The molecule has 0 unspecified atom stereocenters. The maximum absolute atomic E-state index is 13.0. The lowest BCUT2D eigenvalue weighted by molar-refractivity contribution is -0.120. The summed E-state index contributed by atoms with van der Waals surface area (Å²) < 4.78 is 14.7. The Kier molecular flexibility index (Phi) is 6.82. The lowest BCUT2D eigenvalue weighted by Gasteiger charge is -2.11. The first-order valence-electron chi connectivity index (χ1n) is 10.4. The van der Waals surface area contributed by atoms with Gasteiger partial charge in [-0.05, 0) is 39.9 Å². The van der Waals surface area contributed by atoms with E-state index in [9.17, 15) is 9.18 Å². The SMILES string of the molecule is O=C(C/C=C/c1ccc(F)cc1)NCc1ccccc1-c1ccc(Cn2cncn2)cc1. The van der Waals surface area contributed by atoms with E-state index < -0.39 is 0 Å². The van der Waals surface area contributed by atoms with Gasteiger partial charge in [0.25, 0.3) is 0 Å². The fourth-order valence-corrected chi connectivity index (χ4v) is 3.39. The van der Waals surface area contributed by atoms with E-state index in [1.807, 2.05) is 24.3 Å². The molecular formula is C26H23FN4O. The van der Waals surface area contributed by atoms with Crippen LogP contribution in [-0.2, 0) is 17.9 Å². The maximum Gasteiger partial charge on any atom is 0.224 e. The van der Waals surface area contributed by atoms with Gasteiger partial charge in [-0.15, -0.1) is 0 Å². The number of amides is 1. The zero-order valence-corrected chi connectivity index (χ0v) is 17.5. The van der Waals surface area contributed by atoms with Crippen LogP contribution in [0.4, 0.5) is 4.39 Å². The Bertz CT molecular complexity index is 1180. The molecule has 1 amide bonds. The van der Waals surface area contributed by atoms with E-state index in [4.69, 9.17) is 0 Å². The number of hydrogen-bond acceptors (Lipinski definition) is 3. The lowest BCUT2D eigenvalue weighted by Crippen LogP contribution is -2.22. The van der Waals surface area contributed by atoms with Gasteiger partial charge in [-0.3, -0.25) is 4.79 Å². The van der Waals surface area contributed by atoms with Crippen molar-refractivity contribution in [3.63, 3.8) is 0 Å². The quantitative estimate of drug-likeness (QED) is 0.438. The van der Waals surface area contributed by atoms with E-state index in [1.165, 1.54) is 18.5 Å². The van der Waals surface area contributed by atoms with Gasteiger partial charge in [0.2, 0.25) is 5.91 Å². The molecule has 1 heterocycles. The molecule has 32 heavy (non-hydrogen) atoms. The summed E-state index contributed by atoms with van der Waals surface area (Å²) in [5.74, 6) is -0.343. The number of nitrogens with one attached hydrogen (secondary N) is 1. The molecule has 3 aromatic carbocycles. The van der Waals surface area contributed by atoms with Crippen molar-refractivity contribution in [3.05, 3.63) is 114 Å². The van der Waals surface area contributed by atoms with Gasteiger partial charge >= 0.3 is 0 Å². The molecule has 0 atom stereocenters. The molecule has 4 aromatic rings. The molecule has 160 valence electrons. The van der Waals surface area contributed by atoms with E-state index in [0.717, 1.165) is 27.8 Å². The maximum atomic E-state index is 13.0. The van der Waals surface area contributed by atoms with Gasteiger partial charge in [0, 0.05) is 13.0 Å². The van der Waals surface area contributed by atoms with Crippen LogP contribution in [-0.4, -0.2) is 20.7 Å². The van der Waals surface area contributed by atoms with Crippen LogP contribution in [0.2, 0.25) is 0 Å². The Morgan fingerprint density at radius 2 is 1.78 bits per heavy atom. The van der Waals surface area contributed by atoms with Gasteiger partial charge in [0.15, 0.2) is 0 Å². The van der Waals surface area contributed by atoms with Crippen LogP contribution in [0.3, 0.4) is 0 Å². The normalized spacial score (nSPS) is 11.0. The van der Waals surface area contributed by atoms with Crippen LogP contribution in [0.1, 0.15) is 23.1 Å². The fourth-order valence-electron chi connectivity index (χ4n) is 3.39. The summed E-state index contributed by atoms with van der Waals surface area (Å²) in [6.45, 7) is 1.11. The molecule has 0 aliphatic carbocycles. The van der Waals surface area contributed by atoms with Crippen molar-refractivity contribution in [1.29, 1.82) is 0 Å². The minimum absolute atomic E-state index is 0.0682. The highest BCUT2D eigenvalue weighted by Gasteiger charge is 2.07. The van der Waals surface area contributed by atoms with Crippen LogP contribution >= 0.6 is 0 Å². The Balaban J connectivity index is 1.35. The average Bonchev–Trinajstić information content (AvgIpc) is 3.33. The number of carbonyl (C=O) groups excluding carboxylic acids is 1. The van der Waals surface area contributed by atoms with Gasteiger partial charge in [-0.25, -0.2) is 14.1 Å². The number of halogens is 1. The molecule has 4 rings (SSSR count). The van der Waals surface area contributed by atoms with Gasteiger partial charge in [0.05, 0.1) is 6.54 Å². The number of hydrogen-bond donors (Lipinski definition) is 1. The van der Waals surface area contributed by atoms with E-state index in [1.54, 1.807) is 29.2 Å². The Hall–Kier alpha value is -4.06. The molecule has 0 aliphatic rings. The smallest absolute Gasteiger partial charge is 0.224 e. The summed E-state index contributed by atoms with van der Waals surface area (Å²) in [5.41, 5.74) is 5.22. The third-order valence-electron chi connectivity index (χ3n) is 5.05. The summed E-state index contributed by atoms with van der Waals surface area (Å²) in [7, 11) is 0. The molecular weight excluding hydrogens is 403 g/mol. The average molecular weight is 426 g/mol. The molecule has 0 radical (unpaired) electrons. The molecule has 0 saturated heterocycles. The molecule has 1 aromatic heterocycles. The first-order valence-corrected chi connectivity index (χ1v) is 10.4. The Morgan fingerprint density at radius 3 is 2.53 bits per heavy atom. The highest BCUT2D eigenvalue weighted by Crippen LogP contribution is 2.24. The highest BCUT2D eigenvalue weighted by molar-refractivity contribution is 5.79. The fraction of sp³-hybridized carbons (Fsp3) is 0.115. The molecule has 0 bridgehead atoms. The van der Waals surface area contributed by atoms with Crippen molar-refractivity contribution < 1.29 is 9.18 Å². The van der Waals surface area contributed by atoms with E-state index in [2.05, 4.69) is 45.7 Å². The predicted molar refractivity (Wildman–Crippen MR) is 123 cm³/mol. The van der Waals surface area contributed by atoms with E-state index in [-0.39, 0.29) is 18.1 Å². The zero-order valence-electron chi connectivity index (χ0n) is 17.5. The Labute approximate surface area is 186 Å². The summed E-state index contributed by atoms with van der Waals surface area (Å²) >= 11 is 0. The van der Waals surface area contributed by atoms with Crippen LogP contribution in [0.5, 0.6) is 0 Å². The van der Waals surface area contributed by atoms with Crippen molar-refractivity contribution >= 4 is 12.0 Å². The van der Waals surface area contributed by atoms with Crippen molar-refractivity contribution in [1.82, 2.24) is 20.1 Å². The third-order valence-corrected chi connectivity index (χ3v) is 5.05. The topological polar surface area (TPSA) is 59.8 Å². The van der Waals surface area contributed by atoms with Gasteiger partial charge in [0.1, 0.15) is 18.5 Å². The molecule has 0 aliphatic heterocycles. The molecule has 6 heteroatoms. The minimum Gasteiger partial charge on any atom is -0.352 e. The Morgan fingerprint density at radius 1 is 1.00 bits per heavy atom. The number of nitrogens with zero attached hydrogens (tertiary/aromatic N) is 3. The molecule has 0 saturated carbocycles. The molecule has 0 fully saturated rings. The largest absolute Gasteiger partial charge is 0.352 e. The summed E-state index contributed by atoms with van der Waals surface area (Å²) in [6.07, 6.45) is 7.07. The zero-order chi connectivity index (χ0) is 22.2. The highest BCUT2D eigenvalue weighted by atomic mass is 19.1. The number of rotatable bonds is 8. The number of aromatic nitrogens is 3. The number of carbonyl (C=O) groups is 1. The number of benzene rings is 3. The summed E-state index contributed by atoms with van der Waals surface area (Å²) in [4.78, 5) is 16.2. The van der Waals surface area contributed by atoms with Crippen molar-refractivity contribution in [2.24, 2.45) is 0 Å². The van der Waals surface area contributed by atoms with Crippen molar-refractivity contribution in [2.75, 3.05) is 0 Å². The van der Waals surface area contributed by atoms with Gasteiger partial charge in [-0.2, -0.15) is 5.10 Å². The van der Waals surface area contributed by atoms with E-state index >= 15 is 0 Å². The first kappa shape index (κ1) is 21.2. The summed E-state index contributed by atoms with van der Waals surface area (Å²) in [5, 5.41) is 7.11. The first-order chi connectivity index (χ1) is 15.7. The van der Waals surface area contributed by atoms with Crippen molar-refractivity contribution in [2.45, 2.75) is 19.5 Å². The van der Waals surface area contributed by atoms with Crippen LogP contribution in [0.15, 0.2) is 91.5 Å². The van der Waals surface area contributed by atoms with Crippen LogP contribution in [0.25, 0.3) is 17.2 Å². The van der Waals surface area contributed by atoms with Crippen LogP contribution in [0, 0.1) is 5.82 Å². The second-order valence-corrected chi connectivity index (χ2v) is 7.38. The minimum atomic E-state index is -0.275. The van der Waals surface area contributed by atoms with Crippen molar-refractivity contribution in [3.8, 4) is 11.1 Å². The molecule has 0 spiro atoms. The lowest BCUT2D eigenvalue weighted by atomic mass is 9.98. The second kappa shape index (κ2) is 10.3. The summed E-state index contributed by atoms with van der Waals surface area (Å²) in [6, 6.07) is 22.5. The van der Waals surface area contributed by atoms with E-state index in [0.29, 0.717) is 13.1 Å². The molecule has 5 nitrogen and oxygen atoms in total. The van der Waals surface area contributed by atoms with Crippen LogP contribution < -0.4 is 5.32 Å².